The van der Waals surface area contributed by atoms with E-state index in [0.717, 1.165) is 18.1 Å². The highest BCUT2D eigenvalue weighted by Crippen LogP contribution is 2.36. The van der Waals surface area contributed by atoms with E-state index in [9.17, 15) is 13.2 Å². The largest absolute Gasteiger partial charge is 0.417 e. The second-order valence-corrected chi connectivity index (χ2v) is 4.50. The Labute approximate surface area is 107 Å². The summed E-state index contributed by atoms with van der Waals surface area (Å²) in [4.78, 5) is 0. The molecule has 0 unspecified atom stereocenters. The molecule has 0 aliphatic rings. The van der Waals surface area contributed by atoms with E-state index in [1.165, 1.54) is 6.07 Å². The molecule has 1 N–H and O–H groups in total. The van der Waals surface area contributed by atoms with Gasteiger partial charge in [0, 0.05) is 16.7 Å². The topological polar surface area (TPSA) is 12.0 Å². The minimum atomic E-state index is -4.35. The average Bonchev–Trinajstić information content (AvgIpc) is 2.26. The molecule has 1 nitrogen and oxygen atoms in total. The first-order valence-corrected chi connectivity index (χ1v) is 5.91. The molecule has 94 valence electrons. The van der Waals surface area contributed by atoms with E-state index in [4.69, 9.17) is 0 Å². The number of halogens is 4. The molecule has 0 heterocycles. The lowest BCUT2D eigenvalue weighted by atomic mass is 10.2. The molecule has 0 atom stereocenters. The van der Waals surface area contributed by atoms with E-state index in [0.29, 0.717) is 12.2 Å². The van der Waals surface area contributed by atoms with Crippen molar-refractivity contribution in [3.63, 3.8) is 0 Å². The van der Waals surface area contributed by atoms with Gasteiger partial charge in [0.15, 0.2) is 0 Å². The molecule has 5 heteroatoms. The fraction of sp³-hybridized carbons (Fsp3) is 0.333. The predicted molar refractivity (Wildman–Crippen MR) is 67.1 cm³/mol. The maximum Gasteiger partial charge on any atom is 0.417 e. The summed E-state index contributed by atoms with van der Waals surface area (Å²) in [6.45, 7) is 6.22. The zero-order valence-corrected chi connectivity index (χ0v) is 11.0. The monoisotopic (exact) mass is 307 g/mol. The summed E-state index contributed by atoms with van der Waals surface area (Å²) in [5.41, 5.74) is 0.709. The lowest BCUT2D eigenvalue weighted by Crippen LogP contribution is -2.08. The zero-order chi connectivity index (χ0) is 13.1. The summed E-state index contributed by atoms with van der Waals surface area (Å²) < 4.78 is 37.9. The fourth-order valence-corrected chi connectivity index (χ4v) is 1.68. The van der Waals surface area contributed by atoms with Crippen LogP contribution in [0.3, 0.4) is 0 Å². The Balaban J connectivity index is 2.86. The van der Waals surface area contributed by atoms with E-state index in [2.05, 4.69) is 27.8 Å². The highest BCUT2D eigenvalue weighted by atomic mass is 79.9. The van der Waals surface area contributed by atoms with Crippen molar-refractivity contribution in [2.75, 3.05) is 11.9 Å². The predicted octanol–water partition coefficient (Wildman–Crippen LogP) is 4.85. The summed E-state index contributed by atoms with van der Waals surface area (Å²) >= 11 is 2.89. The van der Waals surface area contributed by atoms with E-state index >= 15 is 0 Å². The van der Waals surface area contributed by atoms with Crippen molar-refractivity contribution in [3.05, 3.63) is 40.4 Å². The van der Waals surface area contributed by atoms with Crippen LogP contribution in [0.25, 0.3) is 0 Å². The quantitative estimate of drug-likeness (QED) is 0.784. The first kappa shape index (κ1) is 14.1. The Kier molecular flexibility index (Phi) is 4.62. The number of benzene rings is 1. The molecule has 0 bridgehead atoms. The minimum absolute atomic E-state index is 0.0462. The molecule has 0 spiro atoms. The molecule has 0 fully saturated rings. The lowest BCUT2D eigenvalue weighted by Gasteiger charge is -2.13. The Morgan fingerprint density at radius 1 is 1.41 bits per heavy atom. The van der Waals surface area contributed by atoms with E-state index in [1.807, 2.05) is 6.92 Å². The molecule has 0 saturated carbocycles. The summed E-state index contributed by atoms with van der Waals surface area (Å²) in [6.07, 6.45) is -3.55. The van der Waals surface area contributed by atoms with Crippen LogP contribution in [0.5, 0.6) is 0 Å². The van der Waals surface area contributed by atoms with Crippen molar-refractivity contribution in [2.45, 2.75) is 19.5 Å². The molecule has 1 rings (SSSR count). The van der Waals surface area contributed by atoms with E-state index in [-0.39, 0.29) is 4.47 Å². The SMILES string of the molecule is C=C(CC)CNc1ccc(Br)c(C(F)(F)F)c1. The smallest absolute Gasteiger partial charge is 0.381 e. The molecule has 1 aromatic rings. The van der Waals surface area contributed by atoms with Crippen LogP contribution in [-0.4, -0.2) is 6.54 Å². The van der Waals surface area contributed by atoms with Gasteiger partial charge < -0.3 is 5.32 Å². The first-order chi connectivity index (χ1) is 7.84. The van der Waals surface area contributed by atoms with Crippen molar-refractivity contribution in [2.24, 2.45) is 0 Å². The van der Waals surface area contributed by atoms with Crippen LogP contribution in [0.1, 0.15) is 18.9 Å². The maximum absolute atomic E-state index is 12.6. The number of hydrogen-bond acceptors (Lipinski definition) is 1. The zero-order valence-electron chi connectivity index (χ0n) is 9.37. The van der Waals surface area contributed by atoms with Crippen LogP contribution in [0.15, 0.2) is 34.8 Å². The van der Waals surface area contributed by atoms with Gasteiger partial charge in [0.1, 0.15) is 0 Å². The molecular weight excluding hydrogens is 295 g/mol. The molecule has 0 amide bonds. The molecular formula is C12H13BrF3N. The van der Waals surface area contributed by atoms with E-state index in [1.54, 1.807) is 6.07 Å². The minimum Gasteiger partial charge on any atom is -0.381 e. The maximum atomic E-state index is 12.6. The van der Waals surface area contributed by atoms with Crippen LogP contribution >= 0.6 is 15.9 Å². The van der Waals surface area contributed by atoms with Gasteiger partial charge in [-0.05, 0) is 24.6 Å². The summed E-state index contributed by atoms with van der Waals surface area (Å²) in [6, 6.07) is 4.08. The highest BCUT2D eigenvalue weighted by molar-refractivity contribution is 9.10. The van der Waals surface area contributed by atoms with Crippen molar-refractivity contribution in [1.29, 1.82) is 0 Å². The van der Waals surface area contributed by atoms with Crippen LogP contribution in [0, 0.1) is 0 Å². The number of anilines is 1. The molecule has 17 heavy (non-hydrogen) atoms. The molecule has 0 aliphatic heterocycles. The first-order valence-electron chi connectivity index (χ1n) is 5.12. The standard InChI is InChI=1S/C12H13BrF3N/c1-3-8(2)7-17-9-4-5-11(13)10(6-9)12(14,15)16/h4-6,17H,2-3,7H2,1H3. The average molecular weight is 308 g/mol. The summed E-state index contributed by atoms with van der Waals surface area (Å²) in [5, 5.41) is 2.91. The normalized spacial score (nSPS) is 11.4. The molecule has 0 aliphatic carbocycles. The number of nitrogens with one attached hydrogen (secondary N) is 1. The number of rotatable bonds is 4. The Morgan fingerprint density at radius 2 is 2.06 bits per heavy atom. The number of hydrogen-bond donors (Lipinski definition) is 1. The fourth-order valence-electron chi connectivity index (χ4n) is 1.20. The van der Waals surface area contributed by atoms with Gasteiger partial charge in [-0.15, -0.1) is 0 Å². The van der Waals surface area contributed by atoms with Gasteiger partial charge >= 0.3 is 6.18 Å². The van der Waals surface area contributed by atoms with Gasteiger partial charge in [-0.2, -0.15) is 13.2 Å². The summed E-state index contributed by atoms with van der Waals surface area (Å²) in [7, 11) is 0. The second-order valence-electron chi connectivity index (χ2n) is 3.65. The molecule has 0 radical (unpaired) electrons. The third-order valence-corrected chi connectivity index (χ3v) is 3.01. The molecule has 1 aromatic carbocycles. The van der Waals surface area contributed by atoms with Crippen LogP contribution in [-0.2, 0) is 6.18 Å². The Bertz CT molecular complexity index is 413. The van der Waals surface area contributed by atoms with Gasteiger partial charge in [-0.3, -0.25) is 0 Å². The van der Waals surface area contributed by atoms with Gasteiger partial charge in [0.05, 0.1) is 5.56 Å². The summed E-state index contributed by atoms with van der Waals surface area (Å²) in [5.74, 6) is 0. The van der Waals surface area contributed by atoms with Gasteiger partial charge in [-0.1, -0.05) is 35.0 Å². The van der Waals surface area contributed by atoms with Crippen molar-refractivity contribution in [3.8, 4) is 0 Å². The third-order valence-electron chi connectivity index (χ3n) is 2.31. The van der Waals surface area contributed by atoms with Crippen LogP contribution < -0.4 is 5.32 Å². The van der Waals surface area contributed by atoms with Crippen LogP contribution in [0.4, 0.5) is 18.9 Å². The van der Waals surface area contributed by atoms with Crippen molar-refractivity contribution >= 4 is 21.6 Å². The number of alkyl halides is 3. The van der Waals surface area contributed by atoms with Gasteiger partial charge in [0.25, 0.3) is 0 Å². The lowest BCUT2D eigenvalue weighted by molar-refractivity contribution is -0.138. The molecule has 0 aromatic heterocycles. The van der Waals surface area contributed by atoms with Crippen molar-refractivity contribution in [1.82, 2.24) is 0 Å². The third kappa shape index (κ3) is 4.07. The van der Waals surface area contributed by atoms with E-state index < -0.39 is 11.7 Å². The highest BCUT2D eigenvalue weighted by Gasteiger charge is 2.33. The van der Waals surface area contributed by atoms with Crippen LogP contribution in [0.2, 0.25) is 0 Å². The Hall–Kier alpha value is -0.970. The second kappa shape index (κ2) is 5.58. The van der Waals surface area contributed by atoms with Gasteiger partial charge in [-0.25, -0.2) is 0 Å². The van der Waals surface area contributed by atoms with Gasteiger partial charge in [0.2, 0.25) is 0 Å². The Morgan fingerprint density at radius 3 is 2.59 bits per heavy atom. The molecule has 0 saturated heterocycles. The van der Waals surface area contributed by atoms with Crippen molar-refractivity contribution < 1.29 is 13.2 Å².